The first-order valence-corrected chi connectivity index (χ1v) is 7.79. The predicted octanol–water partition coefficient (Wildman–Crippen LogP) is 0.812. The molecule has 0 saturated carbocycles. The molecule has 1 aromatic heterocycles. The summed E-state index contributed by atoms with van der Waals surface area (Å²) in [7, 11) is 1.88. The van der Waals surface area contributed by atoms with Gasteiger partial charge in [0, 0.05) is 19.1 Å². The first kappa shape index (κ1) is 16.1. The van der Waals surface area contributed by atoms with E-state index >= 15 is 0 Å². The second kappa shape index (κ2) is 6.79. The number of carbonyl (C=O) groups is 2. The first-order valence-electron chi connectivity index (χ1n) is 7.79. The SMILES string of the molecule is C[C@H](c1ccc(-n2cncn2)cc1)N(C)CC(=O)N1CCNC1=O. The van der Waals surface area contributed by atoms with E-state index in [0.29, 0.717) is 13.1 Å². The van der Waals surface area contributed by atoms with E-state index in [1.165, 1.54) is 11.2 Å². The molecule has 0 radical (unpaired) electrons. The van der Waals surface area contributed by atoms with Crippen molar-refractivity contribution in [2.24, 2.45) is 0 Å². The molecule has 1 aliphatic rings. The number of likely N-dealkylation sites (N-methyl/N-ethyl adjacent to an activating group) is 1. The molecule has 0 unspecified atom stereocenters. The Balaban J connectivity index is 1.63. The summed E-state index contributed by atoms with van der Waals surface area (Å²) in [5.74, 6) is -0.182. The molecule has 1 fully saturated rings. The Kier molecular flexibility index (Phi) is 4.57. The number of aromatic nitrogens is 3. The van der Waals surface area contributed by atoms with Crippen molar-refractivity contribution < 1.29 is 9.59 Å². The lowest BCUT2D eigenvalue weighted by atomic mass is 10.1. The van der Waals surface area contributed by atoms with Crippen molar-refractivity contribution >= 4 is 11.9 Å². The number of benzene rings is 1. The summed E-state index contributed by atoms with van der Waals surface area (Å²) in [5.41, 5.74) is 2.01. The summed E-state index contributed by atoms with van der Waals surface area (Å²) in [5, 5.41) is 6.73. The molecule has 0 spiro atoms. The van der Waals surface area contributed by atoms with Crippen molar-refractivity contribution in [2.45, 2.75) is 13.0 Å². The average molecular weight is 328 g/mol. The second-order valence-electron chi connectivity index (χ2n) is 5.80. The Morgan fingerprint density at radius 2 is 2.12 bits per heavy atom. The number of nitrogens with zero attached hydrogens (tertiary/aromatic N) is 5. The van der Waals surface area contributed by atoms with Crippen molar-refractivity contribution in [3.8, 4) is 5.69 Å². The molecular weight excluding hydrogens is 308 g/mol. The average Bonchev–Trinajstić information content (AvgIpc) is 3.25. The van der Waals surface area contributed by atoms with E-state index in [1.807, 2.05) is 43.1 Å². The maximum absolute atomic E-state index is 12.2. The third-order valence-electron chi connectivity index (χ3n) is 4.26. The van der Waals surface area contributed by atoms with Gasteiger partial charge in [-0.2, -0.15) is 5.10 Å². The molecular formula is C16H20N6O2. The van der Waals surface area contributed by atoms with Crippen molar-refractivity contribution in [3.05, 3.63) is 42.5 Å². The van der Waals surface area contributed by atoms with Crippen LogP contribution in [0.25, 0.3) is 5.69 Å². The normalized spacial score (nSPS) is 15.6. The zero-order valence-corrected chi connectivity index (χ0v) is 13.7. The highest BCUT2D eigenvalue weighted by atomic mass is 16.2. The Morgan fingerprint density at radius 3 is 2.71 bits per heavy atom. The highest BCUT2D eigenvalue weighted by molar-refractivity contribution is 5.96. The summed E-state index contributed by atoms with van der Waals surface area (Å²) in [6.45, 7) is 3.18. The fourth-order valence-corrected chi connectivity index (χ4v) is 2.65. The minimum Gasteiger partial charge on any atom is -0.336 e. The number of imide groups is 1. The topological polar surface area (TPSA) is 83.4 Å². The lowest BCUT2D eigenvalue weighted by Crippen LogP contribution is -2.41. The van der Waals surface area contributed by atoms with Gasteiger partial charge in [0.05, 0.1) is 12.2 Å². The first-order chi connectivity index (χ1) is 11.6. The van der Waals surface area contributed by atoms with Gasteiger partial charge in [0.25, 0.3) is 0 Å². The molecule has 0 aliphatic carbocycles. The molecule has 3 rings (SSSR count). The van der Waals surface area contributed by atoms with E-state index in [9.17, 15) is 9.59 Å². The second-order valence-corrected chi connectivity index (χ2v) is 5.80. The Bertz CT molecular complexity index is 713. The van der Waals surface area contributed by atoms with Gasteiger partial charge < -0.3 is 5.32 Å². The number of hydrogen-bond acceptors (Lipinski definition) is 5. The van der Waals surface area contributed by atoms with Gasteiger partial charge in [-0.15, -0.1) is 0 Å². The monoisotopic (exact) mass is 328 g/mol. The summed E-state index contributed by atoms with van der Waals surface area (Å²) in [6, 6.07) is 7.67. The van der Waals surface area contributed by atoms with Gasteiger partial charge in [-0.05, 0) is 31.7 Å². The molecule has 1 aliphatic heterocycles. The van der Waals surface area contributed by atoms with Crippen LogP contribution in [0.2, 0.25) is 0 Å². The maximum atomic E-state index is 12.2. The standard InChI is InChI=1S/C16H20N6O2/c1-12(20(2)9-15(23)21-8-7-18-16(21)24)13-3-5-14(6-4-13)22-11-17-10-19-22/h3-6,10-12H,7-9H2,1-2H3,(H,18,24)/t12-/m1/s1. The number of carbonyl (C=O) groups excluding carboxylic acids is 2. The van der Waals surface area contributed by atoms with Crippen LogP contribution in [0.15, 0.2) is 36.9 Å². The van der Waals surface area contributed by atoms with Crippen molar-refractivity contribution in [3.63, 3.8) is 0 Å². The van der Waals surface area contributed by atoms with Gasteiger partial charge in [0.2, 0.25) is 5.91 Å². The van der Waals surface area contributed by atoms with Crippen LogP contribution in [0.3, 0.4) is 0 Å². The maximum Gasteiger partial charge on any atom is 0.324 e. The Labute approximate surface area is 140 Å². The van der Waals surface area contributed by atoms with E-state index in [4.69, 9.17) is 0 Å². The number of hydrogen-bond donors (Lipinski definition) is 1. The molecule has 24 heavy (non-hydrogen) atoms. The van der Waals surface area contributed by atoms with E-state index < -0.39 is 0 Å². The fourth-order valence-electron chi connectivity index (χ4n) is 2.65. The Morgan fingerprint density at radius 1 is 1.38 bits per heavy atom. The minimum absolute atomic E-state index is 0.0458. The molecule has 1 saturated heterocycles. The molecule has 8 heteroatoms. The smallest absolute Gasteiger partial charge is 0.324 e. The van der Waals surface area contributed by atoms with Gasteiger partial charge in [-0.25, -0.2) is 14.5 Å². The van der Waals surface area contributed by atoms with E-state index in [2.05, 4.69) is 15.4 Å². The van der Waals surface area contributed by atoms with Crippen LogP contribution in [-0.2, 0) is 4.79 Å². The van der Waals surface area contributed by atoms with Gasteiger partial charge in [-0.1, -0.05) is 12.1 Å². The fraction of sp³-hybridized carbons (Fsp3) is 0.375. The molecule has 0 bridgehead atoms. The highest BCUT2D eigenvalue weighted by Gasteiger charge is 2.27. The lowest BCUT2D eigenvalue weighted by Gasteiger charge is -2.26. The van der Waals surface area contributed by atoms with Gasteiger partial charge >= 0.3 is 6.03 Å². The molecule has 2 aromatic rings. The van der Waals surface area contributed by atoms with Crippen LogP contribution in [0, 0.1) is 0 Å². The molecule has 1 N–H and O–H groups in total. The van der Waals surface area contributed by atoms with Crippen molar-refractivity contribution in [1.29, 1.82) is 0 Å². The number of amides is 3. The van der Waals surface area contributed by atoms with Crippen LogP contribution < -0.4 is 5.32 Å². The molecule has 8 nitrogen and oxygen atoms in total. The molecule has 1 atom stereocenters. The predicted molar refractivity (Wildman–Crippen MR) is 87.5 cm³/mol. The number of urea groups is 1. The van der Waals surface area contributed by atoms with Gasteiger partial charge in [-0.3, -0.25) is 14.6 Å². The quantitative estimate of drug-likeness (QED) is 0.878. The van der Waals surface area contributed by atoms with E-state index in [0.717, 1.165) is 11.3 Å². The van der Waals surface area contributed by atoms with E-state index in [1.54, 1.807) is 11.0 Å². The van der Waals surface area contributed by atoms with Crippen LogP contribution >= 0.6 is 0 Å². The number of rotatable bonds is 5. The van der Waals surface area contributed by atoms with Gasteiger partial charge in [0.1, 0.15) is 12.7 Å². The summed E-state index contributed by atoms with van der Waals surface area (Å²) >= 11 is 0. The molecule has 2 heterocycles. The highest BCUT2D eigenvalue weighted by Crippen LogP contribution is 2.20. The van der Waals surface area contributed by atoms with E-state index in [-0.39, 0.29) is 24.5 Å². The van der Waals surface area contributed by atoms with Crippen LogP contribution in [0.4, 0.5) is 4.79 Å². The molecule has 126 valence electrons. The van der Waals surface area contributed by atoms with Gasteiger partial charge in [0.15, 0.2) is 0 Å². The summed E-state index contributed by atoms with van der Waals surface area (Å²) < 4.78 is 1.69. The van der Waals surface area contributed by atoms with Crippen LogP contribution in [0.1, 0.15) is 18.5 Å². The summed E-state index contributed by atoms with van der Waals surface area (Å²) in [4.78, 5) is 30.9. The zero-order chi connectivity index (χ0) is 17.1. The van der Waals surface area contributed by atoms with Crippen LogP contribution in [-0.4, -0.2) is 63.2 Å². The lowest BCUT2D eigenvalue weighted by molar-refractivity contribution is -0.128. The molecule has 1 aromatic carbocycles. The van der Waals surface area contributed by atoms with Crippen molar-refractivity contribution in [2.75, 3.05) is 26.7 Å². The summed E-state index contributed by atoms with van der Waals surface area (Å²) in [6.07, 6.45) is 3.13. The van der Waals surface area contributed by atoms with Crippen molar-refractivity contribution in [1.82, 2.24) is 29.9 Å². The third-order valence-corrected chi connectivity index (χ3v) is 4.26. The zero-order valence-electron chi connectivity index (χ0n) is 13.7. The molecule has 3 amide bonds. The Hall–Kier alpha value is -2.74. The van der Waals surface area contributed by atoms with Crippen LogP contribution in [0.5, 0.6) is 0 Å². The minimum atomic E-state index is -0.307. The largest absolute Gasteiger partial charge is 0.336 e. The number of nitrogens with one attached hydrogen (secondary N) is 1. The third kappa shape index (κ3) is 3.28.